The molecule has 0 aromatic carbocycles. The van der Waals surface area contributed by atoms with E-state index in [0.29, 0.717) is 10.3 Å². The van der Waals surface area contributed by atoms with E-state index in [4.69, 9.17) is 23.2 Å². The maximum Gasteiger partial charge on any atom is 0.223 e. The molecule has 0 N–H and O–H groups in total. The van der Waals surface area contributed by atoms with Crippen molar-refractivity contribution in [1.29, 1.82) is 0 Å². The molecule has 88 valence electrons. The highest BCUT2D eigenvalue weighted by Crippen LogP contribution is 2.37. The van der Waals surface area contributed by atoms with Crippen molar-refractivity contribution in [2.45, 2.75) is 42.9 Å². The van der Waals surface area contributed by atoms with E-state index in [1.54, 1.807) is 18.0 Å². The van der Waals surface area contributed by atoms with Gasteiger partial charge in [-0.2, -0.15) is 0 Å². The van der Waals surface area contributed by atoms with Crippen LogP contribution in [0, 0.1) is 5.92 Å². The van der Waals surface area contributed by atoms with Crippen molar-refractivity contribution >= 4 is 35.0 Å². The average Bonchev–Trinajstić information content (AvgIpc) is 2.24. The Morgan fingerprint density at radius 3 is 2.94 bits per heavy atom. The van der Waals surface area contributed by atoms with Gasteiger partial charge in [0.05, 0.1) is 11.2 Å². The zero-order chi connectivity index (χ0) is 11.5. The molecule has 0 saturated heterocycles. The molecule has 2 rings (SSSR count). The van der Waals surface area contributed by atoms with Crippen molar-refractivity contribution in [3.05, 3.63) is 16.5 Å². The number of rotatable bonds is 2. The van der Waals surface area contributed by atoms with Crippen LogP contribution in [0.1, 0.15) is 32.6 Å². The Morgan fingerprint density at radius 2 is 2.19 bits per heavy atom. The largest absolute Gasteiger partial charge is 0.225 e. The molecule has 1 aromatic rings. The topological polar surface area (TPSA) is 25.8 Å². The summed E-state index contributed by atoms with van der Waals surface area (Å²) in [6.45, 7) is 2.31. The number of hydrogen-bond acceptors (Lipinski definition) is 3. The summed E-state index contributed by atoms with van der Waals surface area (Å²) in [5.41, 5.74) is 0. The first kappa shape index (κ1) is 12.5. The maximum absolute atomic E-state index is 6.05. The molecule has 2 nitrogen and oxygen atoms in total. The second-order valence-electron chi connectivity index (χ2n) is 4.30. The lowest BCUT2D eigenvalue weighted by Crippen LogP contribution is -2.15. The number of nitrogens with zero attached hydrogens (tertiary/aromatic N) is 2. The monoisotopic (exact) mass is 276 g/mol. The first-order chi connectivity index (χ1) is 7.65. The fourth-order valence-corrected chi connectivity index (χ4v) is 3.79. The van der Waals surface area contributed by atoms with Crippen LogP contribution in [-0.4, -0.2) is 15.2 Å². The highest BCUT2D eigenvalue weighted by molar-refractivity contribution is 8.00. The summed E-state index contributed by atoms with van der Waals surface area (Å²) in [5.74, 6) is 0.808. The Balaban J connectivity index is 2.05. The minimum Gasteiger partial charge on any atom is -0.225 e. The second-order valence-corrected chi connectivity index (χ2v) is 6.34. The summed E-state index contributed by atoms with van der Waals surface area (Å²) < 4.78 is 0. The molecule has 1 aliphatic carbocycles. The molecule has 2 atom stereocenters. The standard InChI is InChI=1S/C11H14Cl2N2S/c1-7-3-2-4-8(5-7)16-10-9(12)6-14-11(13)15-10/h6-8H,2-5H2,1H3. The normalized spacial score (nSPS) is 25.7. The van der Waals surface area contributed by atoms with Crippen LogP contribution in [0.3, 0.4) is 0 Å². The average molecular weight is 277 g/mol. The summed E-state index contributed by atoms with van der Waals surface area (Å²) in [6.07, 6.45) is 6.70. The molecule has 0 radical (unpaired) electrons. The number of hydrogen-bond donors (Lipinski definition) is 0. The van der Waals surface area contributed by atoms with Crippen LogP contribution in [0.25, 0.3) is 0 Å². The molecule has 1 fully saturated rings. The predicted octanol–water partition coefficient (Wildman–Crippen LogP) is 4.45. The van der Waals surface area contributed by atoms with Crippen LogP contribution in [-0.2, 0) is 0 Å². The lowest BCUT2D eigenvalue weighted by atomic mass is 9.91. The highest BCUT2D eigenvalue weighted by atomic mass is 35.5. The van der Waals surface area contributed by atoms with E-state index in [1.807, 2.05) is 0 Å². The first-order valence-electron chi connectivity index (χ1n) is 5.50. The summed E-state index contributed by atoms with van der Waals surface area (Å²) in [6, 6.07) is 0. The van der Waals surface area contributed by atoms with E-state index in [-0.39, 0.29) is 5.28 Å². The zero-order valence-corrected chi connectivity index (χ0v) is 11.4. The van der Waals surface area contributed by atoms with Gasteiger partial charge in [-0.05, 0) is 30.4 Å². The molecule has 0 bridgehead atoms. The Hall–Kier alpha value is 0.01000. The predicted molar refractivity (Wildman–Crippen MR) is 69.3 cm³/mol. The minimum absolute atomic E-state index is 0.274. The maximum atomic E-state index is 6.05. The van der Waals surface area contributed by atoms with Crippen LogP contribution >= 0.6 is 35.0 Å². The van der Waals surface area contributed by atoms with E-state index in [1.165, 1.54) is 25.7 Å². The summed E-state index contributed by atoms with van der Waals surface area (Å²) in [7, 11) is 0. The van der Waals surface area contributed by atoms with Crippen molar-refractivity contribution in [2.75, 3.05) is 0 Å². The van der Waals surface area contributed by atoms with Crippen LogP contribution < -0.4 is 0 Å². The van der Waals surface area contributed by atoms with Gasteiger partial charge in [-0.15, -0.1) is 11.8 Å². The van der Waals surface area contributed by atoms with Crippen LogP contribution in [0.5, 0.6) is 0 Å². The molecular weight excluding hydrogens is 263 g/mol. The lowest BCUT2D eigenvalue weighted by molar-refractivity contribution is 0.394. The first-order valence-corrected chi connectivity index (χ1v) is 7.13. The number of aromatic nitrogens is 2. The van der Waals surface area contributed by atoms with Gasteiger partial charge in [-0.25, -0.2) is 9.97 Å². The smallest absolute Gasteiger partial charge is 0.223 e. The Bertz CT molecular complexity index is 373. The SMILES string of the molecule is CC1CCCC(Sc2nc(Cl)ncc2Cl)C1. The van der Waals surface area contributed by atoms with E-state index in [2.05, 4.69) is 16.9 Å². The fourth-order valence-electron chi connectivity index (χ4n) is 2.06. The Kier molecular flexibility index (Phi) is 4.34. The van der Waals surface area contributed by atoms with Gasteiger partial charge < -0.3 is 0 Å². The molecule has 16 heavy (non-hydrogen) atoms. The van der Waals surface area contributed by atoms with E-state index < -0.39 is 0 Å². The van der Waals surface area contributed by atoms with Crippen molar-refractivity contribution in [3.8, 4) is 0 Å². The third-order valence-electron chi connectivity index (χ3n) is 2.85. The molecule has 1 aliphatic rings. The van der Waals surface area contributed by atoms with Gasteiger partial charge in [-0.1, -0.05) is 31.4 Å². The fraction of sp³-hybridized carbons (Fsp3) is 0.636. The van der Waals surface area contributed by atoms with Crippen molar-refractivity contribution in [1.82, 2.24) is 9.97 Å². The molecule has 1 saturated carbocycles. The molecule has 0 amide bonds. The van der Waals surface area contributed by atoms with Gasteiger partial charge in [0.1, 0.15) is 5.03 Å². The Morgan fingerprint density at radius 1 is 1.38 bits per heavy atom. The molecule has 0 spiro atoms. The molecule has 5 heteroatoms. The van der Waals surface area contributed by atoms with Crippen LogP contribution in [0.15, 0.2) is 11.2 Å². The quantitative estimate of drug-likeness (QED) is 0.589. The van der Waals surface area contributed by atoms with E-state index in [9.17, 15) is 0 Å². The van der Waals surface area contributed by atoms with Gasteiger partial charge in [0.15, 0.2) is 0 Å². The minimum atomic E-state index is 0.274. The Labute approximate surface area is 110 Å². The number of thioether (sulfide) groups is 1. The molecular formula is C11H14Cl2N2S. The number of halogens is 2. The summed E-state index contributed by atoms with van der Waals surface area (Å²) in [4.78, 5) is 8.03. The molecule has 1 aromatic heterocycles. The van der Waals surface area contributed by atoms with Crippen molar-refractivity contribution in [2.24, 2.45) is 5.92 Å². The van der Waals surface area contributed by atoms with Crippen LogP contribution in [0.4, 0.5) is 0 Å². The van der Waals surface area contributed by atoms with E-state index in [0.717, 1.165) is 10.9 Å². The summed E-state index contributed by atoms with van der Waals surface area (Å²) >= 11 is 13.6. The van der Waals surface area contributed by atoms with Crippen molar-refractivity contribution in [3.63, 3.8) is 0 Å². The van der Waals surface area contributed by atoms with Crippen LogP contribution in [0.2, 0.25) is 10.3 Å². The van der Waals surface area contributed by atoms with Gasteiger partial charge in [0, 0.05) is 5.25 Å². The van der Waals surface area contributed by atoms with Gasteiger partial charge >= 0.3 is 0 Å². The molecule has 0 aliphatic heterocycles. The highest BCUT2D eigenvalue weighted by Gasteiger charge is 2.21. The van der Waals surface area contributed by atoms with Gasteiger partial charge in [-0.3, -0.25) is 0 Å². The summed E-state index contributed by atoms with van der Waals surface area (Å²) in [5, 5.41) is 2.32. The molecule has 1 heterocycles. The third kappa shape index (κ3) is 3.25. The zero-order valence-electron chi connectivity index (χ0n) is 9.12. The van der Waals surface area contributed by atoms with E-state index >= 15 is 0 Å². The van der Waals surface area contributed by atoms with Crippen molar-refractivity contribution < 1.29 is 0 Å². The lowest BCUT2D eigenvalue weighted by Gasteiger charge is -2.25. The van der Waals surface area contributed by atoms with Gasteiger partial charge in [0.25, 0.3) is 0 Å². The second kappa shape index (κ2) is 5.56. The molecule has 2 unspecified atom stereocenters. The third-order valence-corrected chi connectivity index (χ3v) is 4.72. The van der Waals surface area contributed by atoms with Gasteiger partial charge in [0.2, 0.25) is 5.28 Å².